The molecule has 2 aromatic rings. The van der Waals surface area contributed by atoms with Gasteiger partial charge in [0, 0.05) is 50.2 Å². The molecule has 0 saturated carbocycles. The summed E-state index contributed by atoms with van der Waals surface area (Å²) in [6.45, 7) is 4.54. The van der Waals surface area contributed by atoms with E-state index in [4.69, 9.17) is 0 Å². The first kappa shape index (κ1) is 17.5. The van der Waals surface area contributed by atoms with Crippen molar-refractivity contribution in [2.75, 3.05) is 13.3 Å². The summed E-state index contributed by atoms with van der Waals surface area (Å²) in [7, 11) is 3.69. The fourth-order valence-corrected chi connectivity index (χ4v) is 2.96. The molecular formula is C16H23N5OS. The fraction of sp³-hybridized carbons (Fsp3) is 0.500. The molecule has 0 radical (unpaired) electrons. The van der Waals surface area contributed by atoms with Crippen LogP contribution in [0.5, 0.6) is 0 Å². The molecule has 0 atom stereocenters. The van der Waals surface area contributed by atoms with Gasteiger partial charge in [0.1, 0.15) is 0 Å². The SMILES string of the molecule is CSc1nc(C)c(CCC(=O)N(C)Cc2cnn(C)c2)c(C)n1. The number of aromatic nitrogens is 4. The van der Waals surface area contributed by atoms with Gasteiger partial charge in [-0.3, -0.25) is 9.48 Å². The summed E-state index contributed by atoms with van der Waals surface area (Å²) in [5.74, 6) is 0.113. The first-order valence-corrected chi connectivity index (χ1v) is 8.72. The Morgan fingerprint density at radius 2 is 1.96 bits per heavy atom. The Labute approximate surface area is 141 Å². The monoisotopic (exact) mass is 333 g/mol. The van der Waals surface area contributed by atoms with Crippen molar-refractivity contribution in [2.24, 2.45) is 7.05 Å². The predicted molar refractivity (Wildman–Crippen MR) is 91.3 cm³/mol. The molecule has 0 aliphatic rings. The van der Waals surface area contributed by atoms with E-state index in [-0.39, 0.29) is 5.91 Å². The van der Waals surface area contributed by atoms with Gasteiger partial charge in [-0.1, -0.05) is 11.8 Å². The van der Waals surface area contributed by atoms with Crippen molar-refractivity contribution in [1.29, 1.82) is 0 Å². The summed E-state index contributed by atoms with van der Waals surface area (Å²) in [6.07, 6.45) is 6.80. The van der Waals surface area contributed by atoms with Gasteiger partial charge in [-0.05, 0) is 32.1 Å². The highest BCUT2D eigenvalue weighted by Gasteiger charge is 2.14. The van der Waals surface area contributed by atoms with Gasteiger partial charge in [0.2, 0.25) is 5.91 Å². The van der Waals surface area contributed by atoms with Crippen molar-refractivity contribution < 1.29 is 4.79 Å². The van der Waals surface area contributed by atoms with Gasteiger partial charge in [-0.25, -0.2) is 9.97 Å². The quantitative estimate of drug-likeness (QED) is 0.599. The lowest BCUT2D eigenvalue weighted by atomic mass is 10.1. The molecule has 0 aliphatic carbocycles. The van der Waals surface area contributed by atoms with Crippen LogP contribution in [0.4, 0.5) is 0 Å². The molecule has 2 aromatic heterocycles. The Balaban J connectivity index is 1.96. The van der Waals surface area contributed by atoms with Crippen molar-refractivity contribution >= 4 is 17.7 Å². The zero-order chi connectivity index (χ0) is 17.0. The Hall–Kier alpha value is -1.89. The third kappa shape index (κ3) is 4.54. The van der Waals surface area contributed by atoms with Gasteiger partial charge in [-0.15, -0.1) is 0 Å². The first-order chi connectivity index (χ1) is 10.9. The number of aryl methyl sites for hydroxylation is 3. The number of carbonyl (C=O) groups excluding carboxylic acids is 1. The van der Waals surface area contributed by atoms with Gasteiger partial charge >= 0.3 is 0 Å². The van der Waals surface area contributed by atoms with Crippen LogP contribution in [0.25, 0.3) is 0 Å². The lowest BCUT2D eigenvalue weighted by Crippen LogP contribution is -2.26. The van der Waals surface area contributed by atoms with Crippen LogP contribution in [0, 0.1) is 13.8 Å². The molecule has 0 spiro atoms. The summed E-state index contributed by atoms with van der Waals surface area (Å²) in [4.78, 5) is 23.0. The standard InChI is InChI=1S/C16H23N5OS/c1-11-14(12(2)19-16(18-11)23-5)6-7-15(22)20(3)9-13-8-17-21(4)10-13/h8,10H,6-7,9H2,1-5H3. The van der Waals surface area contributed by atoms with Crippen molar-refractivity contribution in [3.05, 3.63) is 34.9 Å². The van der Waals surface area contributed by atoms with Crippen LogP contribution in [0.1, 0.15) is 28.9 Å². The molecule has 0 bridgehead atoms. The molecule has 7 heteroatoms. The summed E-state index contributed by atoms with van der Waals surface area (Å²) in [5, 5.41) is 4.90. The Morgan fingerprint density at radius 3 is 2.48 bits per heavy atom. The molecule has 0 N–H and O–H groups in total. The molecule has 0 unspecified atom stereocenters. The molecule has 124 valence electrons. The highest BCUT2D eigenvalue weighted by Crippen LogP contribution is 2.17. The van der Waals surface area contributed by atoms with Crippen molar-refractivity contribution in [2.45, 2.75) is 38.4 Å². The fourth-order valence-electron chi connectivity index (χ4n) is 2.50. The maximum atomic E-state index is 12.3. The lowest BCUT2D eigenvalue weighted by Gasteiger charge is -2.17. The molecule has 6 nitrogen and oxygen atoms in total. The number of carbonyl (C=O) groups is 1. The maximum absolute atomic E-state index is 12.3. The zero-order valence-electron chi connectivity index (χ0n) is 14.3. The van der Waals surface area contributed by atoms with E-state index in [1.807, 2.05) is 40.4 Å². The highest BCUT2D eigenvalue weighted by molar-refractivity contribution is 7.98. The number of nitrogens with zero attached hydrogens (tertiary/aromatic N) is 5. The largest absolute Gasteiger partial charge is 0.341 e. The number of hydrogen-bond donors (Lipinski definition) is 0. The minimum Gasteiger partial charge on any atom is -0.341 e. The van der Waals surface area contributed by atoms with Crippen LogP contribution in [-0.2, 0) is 24.8 Å². The van der Waals surface area contributed by atoms with Crippen LogP contribution < -0.4 is 0 Å². The molecule has 23 heavy (non-hydrogen) atoms. The maximum Gasteiger partial charge on any atom is 0.222 e. The molecule has 0 fully saturated rings. The second-order valence-electron chi connectivity index (χ2n) is 5.63. The Bertz CT molecular complexity index is 675. The summed E-state index contributed by atoms with van der Waals surface area (Å²) >= 11 is 1.53. The van der Waals surface area contributed by atoms with Gasteiger partial charge in [0.05, 0.1) is 6.20 Å². The second-order valence-corrected chi connectivity index (χ2v) is 6.41. The first-order valence-electron chi connectivity index (χ1n) is 7.50. The van der Waals surface area contributed by atoms with E-state index < -0.39 is 0 Å². The normalized spacial score (nSPS) is 10.8. The van der Waals surface area contributed by atoms with Gasteiger partial charge < -0.3 is 4.90 Å². The zero-order valence-corrected chi connectivity index (χ0v) is 15.1. The molecule has 0 aromatic carbocycles. The van der Waals surface area contributed by atoms with Crippen LogP contribution in [0.15, 0.2) is 17.6 Å². The highest BCUT2D eigenvalue weighted by atomic mass is 32.2. The van der Waals surface area contributed by atoms with E-state index in [1.165, 1.54) is 11.8 Å². The predicted octanol–water partition coefficient (Wildman–Crippen LogP) is 2.14. The van der Waals surface area contributed by atoms with E-state index in [0.29, 0.717) is 19.4 Å². The summed E-state index contributed by atoms with van der Waals surface area (Å²) in [6, 6.07) is 0. The van der Waals surface area contributed by atoms with E-state index in [2.05, 4.69) is 15.1 Å². The average Bonchev–Trinajstić information content (AvgIpc) is 2.90. The van der Waals surface area contributed by atoms with E-state index in [0.717, 1.165) is 27.7 Å². The van der Waals surface area contributed by atoms with E-state index >= 15 is 0 Å². The van der Waals surface area contributed by atoms with E-state index in [1.54, 1.807) is 15.8 Å². The number of rotatable bonds is 6. The topological polar surface area (TPSA) is 63.9 Å². The third-order valence-corrected chi connectivity index (χ3v) is 4.32. The van der Waals surface area contributed by atoms with Crippen molar-refractivity contribution in [3.8, 4) is 0 Å². The lowest BCUT2D eigenvalue weighted by molar-refractivity contribution is -0.130. The number of amides is 1. The number of hydrogen-bond acceptors (Lipinski definition) is 5. The van der Waals surface area contributed by atoms with Crippen LogP contribution in [-0.4, -0.2) is 43.9 Å². The van der Waals surface area contributed by atoms with Gasteiger partial charge in [-0.2, -0.15) is 5.10 Å². The Kier molecular flexibility index (Phi) is 5.76. The third-order valence-electron chi connectivity index (χ3n) is 3.78. The van der Waals surface area contributed by atoms with Gasteiger partial charge in [0.25, 0.3) is 0 Å². The minimum atomic E-state index is 0.113. The molecule has 0 aliphatic heterocycles. The summed E-state index contributed by atoms with van der Waals surface area (Å²) in [5.41, 5.74) is 4.03. The van der Waals surface area contributed by atoms with Crippen LogP contribution >= 0.6 is 11.8 Å². The van der Waals surface area contributed by atoms with Crippen molar-refractivity contribution in [1.82, 2.24) is 24.6 Å². The minimum absolute atomic E-state index is 0.113. The van der Waals surface area contributed by atoms with Crippen LogP contribution in [0.2, 0.25) is 0 Å². The van der Waals surface area contributed by atoms with E-state index in [9.17, 15) is 4.79 Å². The molecular weight excluding hydrogens is 310 g/mol. The second kappa shape index (κ2) is 7.59. The molecule has 2 rings (SSSR count). The summed E-state index contributed by atoms with van der Waals surface area (Å²) < 4.78 is 1.74. The molecule has 0 saturated heterocycles. The van der Waals surface area contributed by atoms with Crippen molar-refractivity contribution in [3.63, 3.8) is 0 Å². The Morgan fingerprint density at radius 1 is 1.30 bits per heavy atom. The molecule has 2 heterocycles. The van der Waals surface area contributed by atoms with Gasteiger partial charge in [0.15, 0.2) is 5.16 Å². The molecule has 1 amide bonds. The smallest absolute Gasteiger partial charge is 0.222 e. The van der Waals surface area contributed by atoms with Crippen LogP contribution in [0.3, 0.4) is 0 Å². The number of thioether (sulfide) groups is 1. The average molecular weight is 333 g/mol.